The topological polar surface area (TPSA) is 40.5 Å². The molecule has 2 unspecified atom stereocenters. The highest BCUT2D eigenvalue weighted by Crippen LogP contribution is 2.13. The molecule has 0 fully saturated rings. The lowest BCUT2D eigenvalue weighted by molar-refractivity contribution is 0.125. The fourth-order valence-electron chi connectivity index (χ4n) is 2.10. The number of rotatable bonds is 12. The number of aliphatic hydroxyl groups excluding tert-OH is 2. The summed E-state index contributed by atoms with van der Waals surface area (Å²) < 4.78 is 0. The van der Waals surface area contributed by atoms with E-state index in [1.807, 2.05) is 6.92 Å². The van der Waals surface area contributed by atoms with Crippen LogP contribution in [0.15, 0.2) is 0 Å². The molecule has 0 aliphatic heterocycles. The maximum Gasteiger partial charge on any atom is 0.0540 e. The molecule has 0 aromatic carbocycles. The molecule has 0 heterocycles. The smallest absolute Gasteiger partial charge is 0.0540 e. The Morgan fingerprint density at radius 1 is 0.647 bits per heavy atom. The Bertz CT molecular complexity index is 148. The third-order valence-corrected chi connectivity index (χ3v) is 3.44. The zero-order valence-electron chi connectivity index (χ0n) is 11.8. The second-order valence-corrected chi connectivity index (χ2v) is 5.20. The SMILES string of the molecule is CCCCCCCCC(O)CCCC(O)CC. The fourth-order valence-corrected chi connectivity index (χ4v) is 2.10. The summed E-state index contributed by atoms with van der Waals surface area (Å²) in [4.78, 5) is 0. The van der Waals surface area contributed by atoms with Crippen LogP contribution in [0.3, 0.4) is 0 Å². The summed E-state index contributed by atoms with van der Waals surface area (Å²) in [5.74, 6) is 0. The van der Waals surface area contributed by atoms with Gasteiger partial charge in [0.25, 0.3) is 0 Å². The lowest BCUT2D eigenvalue weighted by Crippen LogP contribution is -2.09. The van der Waals surface area contributed by atoms with Gasteiger partial charge >= 0.3 is 0 Å². The first-order chi connectivity index (χ1) is 8.20. The van der Waals surface area contributed by atoms with Crippen LogP contribution in [-0.2, 0) is 0 Å². The van der Waals surface area contributed by atoms with Crippen molar-refractivity contribution in [3.63, 3.8) is 0 Å². The second kappa shape index (κ2) is 12.4. The molecule has 2 nitrogen and oxygen atoms in total. The van der Waals surface area contributed by atoms with Gasteiger partial charge in [0.15, 0.2) is 0 Å². The highest BCUT2D eigenvalue weighted by Gasteiger charge is 2.06. The Hall–Kier alpha value is -0.0800. The molecule has 0 saturated heterocycles. The molecular formula is C15H32O2. The molecule has 0 spiro atoms. The standard InChI is InChI=1S/C15H32O2/c1-3-5-6-7-8-9-11-15(17)13-10-12-14(16)4-2/h14-17H,3-13H2,1-2H3. The van der Waals surface area contributed by atoms with Gasteiger partial charge in [0, 0.05) is 0 Å². The van der Waals surface area contributed by atoms with Crippen LogP contribution in [0, 0.1) is 0 Å². The highest BCUT2D eigenvalue weighted by atomic mass is 16.3. The lowest BCUT2D eigenvalue weighted by Gasteiger charge is -2.12. The predicted octanol–water partition coefficient (Wildman–Crippen LogP) is 4.04. The third kappa shape index (κ3) is 12.2. The van der Waals surface area contributed by atoms with Gasteiger partial charge in [-0.15, -0.1) is 0 Å². The molecule has 2 N–H and O–H groups in total. The summed E-state index contributed by atoms with van der Waals surface area (Å²) >= 11 is 0. The normalized spacial score (nSPS) is 14.8. The van der Waals surface area contributed by atoms with Crippen molar-refractivity contribution in [3.05, 3.63) is 0 Å². The molecule has 2 atom stereocenters. The van der Waals surface area contributed by atoms with Gasteiger partial charge in [-0.3, -0.25) is 0 Å². The minimum absolute atomic E-state index is 0.148. The van der Waals surface area contributed by atoms with Crippen LogP contribution < -0.4 is 0 Å². The van der Waals surface area contributed by atoms with Crippen molar-refractivity contribution >= 4 is 0 Å². The van der Waals surface area contributed by atoms with Gasteiger partial charge in [0.2, 0.25) is 0 Å². The molecule has 0 amide bonds. The van der Waals surface area contributed by atoms with E-state index in [2.05, 4.69) is 6.92 Å². The Labute approximate surface area is 107 Å². The molecular weight excluding hydrogens is 212 g/mol. The molecule has 0 aromatic heterocycles. The number of hydrogen-bond donors (Lipinski definition) is 2. The first-order valence-electron chi connectivity index (χ1n) is 7.56. The number of hydrogen-bond acceptors (Lipinski definition) is 2. The van der Waals surface area contributed by atoms with Crippen molar-refractivity contribution in [3.8, 4) is 0 Å². The maximum atomic E-state index is 9.76. The van der Waals surface area contributed by atoms with Crippen LogP contribution in [0.25, 0.3) is 0 Å². The average molecular weight is 244 g/mol. The molecule has 0 bridgehead atoms. The van der Waals surface area contributed by atoms with Crippen molar-refractivity contribution in [2.24, 2.45) is 0 Å². The van der Waals surface area contributed by atoms with Crippen LogP contribution in [0.4, 0.5) is 0 Å². The quantitative estimate of drug-likeness (QED) is 0.509. The largest absolute Gasteiger partial charge is 0.393 e. The minimum Gasteiger partial charge on any atom is -0.393 e. The van der Waals surface area contributed by atoms with Crippen LogP contribution in [0.1, 0.15) is 84.5 Å². The van der Waals surface area contributed by atoms with Crippen LogP contribution in [-0.4, -0.2) is 22.4 Å². The Morgan fingerprint density at radius 2 is 1.18 bits per heavy atom. The number of aliphatic hydroxyl groups is 2. The molecule has 0 aromatic rings. The zero-order valence-corrected chi connectivity index (χ0v) is 11.8. The van der Waals surface area contributed by atoms with E-state index in [1.54, 1.807) is 0 Å². The van der Waals surface area contributed by atoms with Crippen LogP contribution in [0.2, 0.25) is 0 Å². The van der Waals surface area contributed by atoms with Crippen molar-refractivity contribution in [1.82, 2.24) is 0 Å². The molecule has 0 aliphatic rings. The van der Waals surface area contributed by atoms with E-state index in [4.69, 9.17) is 0 Å². The molecule has 0 rings (SSSR count). The number of unbranched alkanes of at least 4 members (excludes halogenated alkanes) is 5. The lowest BCUT2D eigenvalue weighted by atomic mass is 10.0. The van der Waals surface area contributed by atoms with E-state index in [-0.39, 0.29) is 12.2 Å². The van der Waals surface area contributed by atoms with Gasteiger partial charge in [-0.25, -0.2) is 0 Å². The highest BCUT2D eigenvalue weighted by molar-refractivity contribution is 4.59. The molecule has 104 valence electrons. The van der Waals surface area contributed by atoms with E-state index < -0.39 is 0 Å². The van der Waals surface area contributed by atoms with E-state index in [1.165, 1.54) is 32.1 Å². The van der Waals surface area contributed by atoms with E-state index in [0.717, 1.165) is 38.5 Å². The fraction of sp³-hybridized carbons (Fsp3) is 1.00. The summed E-state index contributed by atoms with van der Waals surface area (Å²) in [6, 6.07) is 0. The summed E-state index contributed by atoms with van der Waals surface area (Å²) in [5, 5.41) is 19.1. The summed E-state index contributed by atoms with van der Waals surface area (Å²) in [5.41, 5.74) is 0. The monoisotopic (exact) mass is 244 g/mol. The van der Waals surface area contributed by atoms with Gasteiger partial charge in [-0.05, 0) is 32.1 Å². The molecule has 0 saturated carbocycles. The first kappa shape index (κ1) is 16.9. The summed E-state index contributed by atoms with van der Waals surface area (Å²) in [6.45, 7) is 4.23. The van der Waals surface area contributed by atoms with Crippen LogP contribution >= 0.6 is 0 Å². The minimum atomic E-state index is -0.170. The van der Waals surface area contributed by atoms with Crippen molar-refractivity contribution < 1.29 is 10.2 Å². The average Bonchev–Trinajstić information content (AvgIpc) is 2.33. The van der Waals surface area contributed by atoms with Crippen molar-refractivity contribution in [1.29, 1.82) is 0 Å². The van der Waals surface area contributed by atoms with Gasteiger partial charge in [0.05, 0.1) is 12.2 Å². The Balaban J connectivity index is 3.20. The van der Waals surface area contributed by atoms with Gasteiger partial charge in [-0.1, -0.05) is 52.4 Å². The molecule has 17 heavy (non-hydrogen) atoms. The Kier molecular flexibility index (Phi) is 12.3. The Morgan fingerprint density at radius 3 is 1.82 bits per heavy atom. The first-order valence-corrected chi connectivity index (χ1v) is 7.56. The van der Waals surface area contributed by atoms with E-state index >= 15 is 0 Å². The van der Waals surface area contributed by atoms with E-state index in [0.29, 0.717) is 0 Å². The molecule has 0 aliphatic carbocycles. The molecule has 2 heteroatoms. The van der Waals surface area contributed by atoms with Gasteiger partial charge in [-0.2, -0.15) is 0 Å². The summed E-state index contributed by atoms with van der Waals surface area (Å²) in [7, 11) is 0. The van der Waals surface area contributed by atoms with Gasteiger partial charge in [0.1, 0.15) is 0 Å². The predicted molar refractivity (Wildman–Crippen MR) is 74.1 cm³/mol. The van der Waals surface area contributed by atoms with Crippen molar-refractivity contribution in [2.75, 3.05) is 0 Å². The summed E-state index contributed by atoms with van der Waals surface area (Å²) in [6.07, 6.45) is 11.8. The van der Waals surface area contributed by atoms with Crippen molar-refractivity contribution in [2.45, 2.75) is 96.7 Å². The third-order valence-electron chi connectivity index (χ3n) is 3.44. The maximum absolute atomic E-state index is 9.76. The second-order valence-electron chi connectivity index (χ2n) is 5.20. The van der Waals surface area contributed by atoms with Crippen LogP contribution in [0.5, 0.6) is 0 Å². The van der Waals surface area contributed by atoms with E-state index in [9.17, 15) is 10.2 Å². The van der Waals surface area contributed by atoms with Gasteiger partial charge < -0.3 is 10.2 Å². The zero-order chi connectivity index (χ0) is 12.9. The molecule has 0 radical (unpaired) electrons.